The minimum atomic E-state index is -5.71. The first kappa shape index (κ1) is 20.2. The van der Waals surface area contributed by atoms with Gasteiger partial charge in [-0.05, 0) is 43.0 Å². The first-order valence-corrected chi connectivity index (χ1v) is 8.85. The van der Waals surface area contributed by atoms with Crippen molar-refractivity contribution >= 4 is 15.9 Å². The van der Waals surface area contributed by atoms with E-state index in [4.69, 9.17) is 0 Å². The largest absolute Gasteiger partial charge is 0.534 e. The zero-order valence-electron chi connectivity index (χ0n) is 13.4. The number of alkyl halides is 3. The highest BCUT2D eigenvalue weighted by Crippen LogP contribution is 2.32. The fourth-order valence-electron chi connectivity index (χ4n) is 2.35. The monoisotopic (exact) mass is 364 g/mol. The Morgan fingerprint density at radius 1 is 1.33 bits per heavy atom. The molecule has 1 aromatic carbocycles. The number of carbonyl (C=O) groups is 1. The van der Waals surface area contributed by atoms with Gasteiger partial charge in [0.15, 0.2) is 5.78 Å². The average Bonchev–Trinajstić information content (AvgIpc) is 2.51. The topological polar surface area (TPSA) is 60.4 Å². The zero-order valence-corrected chi connectivity index (χ0v) is 14.2. The van der Waals surface area contributed by atoms with Crippen molar-refractivity contribution < 1.29 is 30.6 Å². The van der Waals surface area contributed by atoms with Crippen LogP contribution in [0.4, 0.5) is 13.2 Å². The Labute approximate surface area is 139 Å². The molecule has 8 heteroatoms. The number of Topliss-reactive ketones (excluding diaryl/α,β-unsaturated/α-hetero) is 1. The zero-order chi connectivity index (χ0) is 18.5. The second-order valence-corrected chi connectivity index (χ2v) is 6.46. The number of rotatable bonds is 4. The molecule has 4 nitrogen and oxygen atoms in total. The van der Waals surface area contributed by atoms with Crippen LogP contribution in [0.5, 0.6) is 5.75 Å². The third-order valence-electron chi connectivity index (χ3n) is 3.42. The Bertz CT molecular complexity index is 709. The van der Waals surface area contributed by atoms with Crippen LogP contribution in [0, 0.1) is 5.92 Å². The van der Waals surface area contributed by atoms with Gasteiger partial charge in [0, 0.05) is 11.5 Å². The third-order valence-corrected chi connectivity index (χ3v) is 4.39. The smallest absolute Gasteiger partial charge is 0.376 e. The lowest BCUT2D eigenvalue weighted by Crippen LogP contribution is -2.28. The molecule has 0 bridgehead atoms. The van der Waals surface area contributed by atoms with Gasteiger partial charge in [-0.3, -0.25) is 4.79 Å². The number of carbonyl (C=O) groups excluding carboxylic acids is 1. The van der Waals surface area contributed by atoms with Crippen LogP contribution in [0.1, 0.15) is 42.6 Å². The van der Waals surface area contributed by atoms with Gasteiger partial charge >= 0.3 is 15.6 Å². The van der Waals surface area contributed by atoms with Gasteiger partial charge in [0.25, 0.3) is 0 Å². The standard InChI is InChI=1S/C14H13F3O4S.C2H6/c1-2-3-9-4-5-10-8-11(6-7-12(10)13(9)18)21-22(19,20)14(15,16)17;1-2/h2,6-9H,1,3-5H2;1-2H3. The molecule has 0 aliphatic heterocycles. The third kappa shape index (κ3) is 4.37. The van der Waals surface area contributed by atoms with E-state index in [-0.39, 0.29) is 11.7 Å². The van der Waals surface area contributed by atoms with E-state index in [1.165, 1.54) is 12.1 Å². The fraction of sp³-hybridized carbons (Fsp3) is 0.438. The van der Waals surface area contributed by atoms with E-state index in [2.05, 4.69) is 10.8 Å². The maximum Gasteiger partial charge on any atom is 0.534 e. The summed E-state index contributed by atoms with van der Waals surface area (Å²) >= 11 is 0. The molecule has 1 aliphatic rings. The molecule has 1 atom stereocenters. The minimum absolute atomic E-state index is 0.119. The number of fused-ring (bicyclic) bond motifs is 1. The highest BCUT2D eigenvalue weighted by molar-refractivity contribution is 7.88. The Morgan fingerprint density at radius 3 is 2.50 bits per heavy atom. The molecule has 0 N–H and O–H groups in total. The predicted octanol–water partition coefficient (Wildman–Crippen LogP) is 4.26. The SMILES string of the molecule is C=CCC1CCc2cc(OS(=O)(=O)C(F)(F)F)ccc2C1=O.CC. The lowest BCUT2D eigenvalue weighted by molar-refractivity contribution is -0.0500. The Morgan fingerprint density at radius 2 is 1.96 bits per heavy atom. The quantitative estimate of drug-likeness (QED) is 0.455. The van der Waals surface area contributed by atoms with Crippen molar-refractivity contribution in [2.75, 3.05) is 0 Å². The average molecular weight is 364 g/mol. The van der Waals surface area contributed by atoms with Crippen molar-refractivity contribution in [1.29, 1.82) is 0 Å². The van der Waals surface area contributed by atoms with E-state index >= 15 is 0 Å². The number of halogens is 3. The van der Waals surface area contributed by atoms with Crippen LogP contribution in [0.25, 0.3) is 0 Å². The van der Waals surface area contributed by atoms with Gasteiger partial charge in [-0.15, -0.1) is 6.58 Å². The lowest BCUT2D eigenvalue weighted by atomic mass is 9.81. The van der Waals surface area contributed by atoms with Crippen LogP contribution < -0.4 is 4.18 Å². The molecule has 0 fully saturated rings. The van der Waals surface area contributed by atoms with Crippen molar-refractivity contribution in [3.63, 3.8) is 0 Å². The summed E-state index contributed by atoms with van der Waals surface area (Å²) in [5.41, 5.74) is -4.62. The summed E-state index contributed by atoms with van der Waals surface area (Å²) in [6, 6.07) is 3.52. The lowest BCUT2D eigenvalue weighted by Gasteiger charge is -2.22. The molecule has 0 amide bonds. The molecule has 24 heavy (non-hydrogen) atoms. The second-order valence-electron chi connectivity index (χ2n) is 4.93. The Balaban J connectivity index is 0.00000139. The van der Waals surface area contributed by atoms with E-state index in [1.54, 1.807) is 6.08 Å². The first-order valence-electron chi connectivity index (χ1n) is 7.44. The Hall–Kier alpha value is -1.83. The van der Waals surface area contributed by atoms with Gasteiger partial charge < -0.3 is 4.18 Å². The molecule has 0 spiro atoms. The fourth-order valence-corrected chi connectivity index (χ4v) is 2.80. The van der Waals surface area contributed by atoms with E-state index in [9.17, 15) is 26.4 Å². The van der Waals surface area contributed by atoms with Crippen LogP contribution in [0.2, 0.25) is 0 Å². The molecular weight excluding hydrogens is 345 g/mol. The minimum Gasteiger partial charge on any atom is -0.376 e. The first-order chi connectivity index (χ1) is 11.2. The number of hydrogen-bond donors (Lipinski definition) is 0. The van der Waals surface area contributed by atoms with Crippen LogP contribution in [-0.4, -0.2) is 19.7 Å². The number of aryl methyl sites for hydroxylation is 1. The Kier molecular flexibility index (Phi) is 6.59. The van der Waals surface area contributed by atoms with E-state index < -0.39 is 21.4 Å². The normalized spacial score (nSPS) is 17.4. The molecule has 0 heterocycles. The number of ketones is 1. The number of allylic oxidation sites excluding steroid dienone is 1. The van der Waals surface area contributed by atoms with Crippen molar-refractivity contribution in [2.45, 2.75) is 38.6 Å². The number of benzene rings is 1. The maximum atomic E-state index is 12.3. The summed E-state index contributed by atoms with van der Waals surface area (Å²) in [6.07, 6.45) is 3.16. The molecule has 1 aromatic rings. The highest BCUT2D eigenvalue weighted by atomic mass is 32.2. The molecule has 1 unspecified atom stereocenters. The molecule has 0 radical (unpaired) electrons. The summed E-state index contributed by atoms with van der Waals surface area (Å²) < 4.78 is 62.8. The van der Waals surface area contributed by atoms with Crippen molar-refractivity contribution in [3.8, 4) is 5.75 Å². The van der Waals surface area contributed by atoms with Crippen LogP contribution >= 0.6 is 0 Å². The summed E-state index contributed by atoms with van der Waals surface area (Å²) in [5, 5.41) is 0. The predicted molar refractivity (Wildman–Crippen MR) is 84.3 cm³/mol. The number of hydrogen-bond acceptors (Lipinski definition) is 4. The molecule has 1 aliphatic carbocycles. The maximum absolute atomic E-state index is 12.3. The van der Waals surface area contributed by atoms with Crippen molar-refractivity contribution in [1.82, 2.24) is 0 Å². The van der Waals surface area contributed by atoms with Gasteiger partial charge in [0.1, 0.15) is 5.75 Å². The van der Waals surface area contributed by atoms with Crippen molar-refractivity contribution in [2.24, 2.45) is 5.92 Å². The van der Waals surface area contributed by atoms with Crippen LogP contribution in [-0.2, 0) is 16.5 Å². The van der Waals surface area contributed by atoms with Crippen LogP contribution in [0.3, 0.4) is 0 Å². The molecule has 134 valence electrons. The van der Waals surface area contributed by atoms with E-state index in [0.717, 1.165) is 6.07 Å². The molecule has 0 saturated carbocycles. The van der Waals surface area contributed by atoms with Gasteiger partial charge in [-0.1, -0.05) is 19.9 Å². The summed E-state index contributed by atoms with van der Waals surface area (Å²) in [5.74, 6) is -0.770. The molecule has 2 rings (SSSR count). The summed E-state index contributed by atoms with van der Waals surface area (Å²) in [4.78, 5) is 12.2. The van der Waals surface area contributed by atoms with Gasteiger partial charge in [-0.2, -0.15) is 21.6 Å². The molecular formula is C16H19F3O4S. The highest BCUT2D eigenvalue weighted by Gasteiger charge is 2.48. The van der Waals surface area contributed by atoms with E-state index in [0.29, 0.717) is 30.4 Å². The van der Waals surface area contributed by atoms with E-state index in [1.807, 2.05) is 13.8 Å². The van der Waals surface area contributed by atoms with Gasteiger partial charge in [0.2, 0.25) is 0 Å². The molecule has 0 saturated heterocycles. The van der Waals surface area contributed by atoms with Gasteiger partial charge in [0.05, 0.1) is 0 Å². The molecule has 0 aromatic heterocycles. The van der Waals surface area contributed by atoms with Gasteiger partial charge in [-0.25, -0.2) is 0 Å². The van der Waals surface area contributed by atoms with Crippen LogP contribution in [0.15, 0.2) is 30.9 Å². The summed E-state index contributed by atoms with van der Waals surface area (Å²) in [6.45, 7) is 7.58. The van der Waals surface area contributed by atoms with Crippen molar-refractivity contribution in [3.05, 3.63) is 42.0 Å². The second kappa shape index (κ2) is 7.83. The summed E-state index contributed by atoms with van der Waals surface area (Å²) in [7, 11) is -5.71.